The molecule has 2 N–H and O–H groups in total. The maximum absolute atomic E-state index is 12.1. The summed E-state index contributed by atoms with van der Waals surface area (Å²) in [6, 6.07) is 6.36. The van der Waals surface area contributed by atoms with Crippen LogP contribution in [0.2, 0.25) is 0 Å². The molecule has 0 aliphatic heterocycles. The van der Waals surface area contributed by atoms with Gasteiger partial charge in [0.25, 0.3) is 0 Å². The SMILES string of the molecule is CCN(C(=O)C=Cc1ccc(O)cc1)C(C)(C)C(=O)O. The smallest absolute Gasteiger partial charge is 0.329 e. The number of aromatic hydroxyl groups is 1. The summed E-state index contributed by atoms with van der Waals surface area (Å²) >= 11 is 0. The van der Waals surface area contributed by atoms with Gasteiger partial charge in [-0.25, -0.2) is 4.79 Å². The van der Waals surface area contributed by atoms with Gasteiger partial charge in [0, 0.05) is 12.6 Å². The average Bonchev–Trinajstić information content (AvgIpc) is 2.38. The van der Waals surface area contributed by atoms with Crippen molar-refractivity contribution in [1.29, 1.82) is 0 Å². The Hall–Kier alpha value is -2.30. The summed E-state index contributed by atoms with van der Waals surface area (Å²) in [6.45, 7) is 5.02. The van der Waals surface area contributed by atoms with Crippen molar-refractivity contribution in [1.82, 2.24) is 4.90 Å². The minimum absolute atomic E-state index is 0.149. The number of carbonyl (C=O) groups is 2. The van der Waals surface area contributed by atoms with Gasteiger partial charge in [-0.3, -0.25) is 4.79 Å². The molecule has 0 unspecified atom stereocenters. The van der Waals surface area contributed by atoms with Crippen LogP contribution in [-0.2, 0) is 9.59 Å². The second kappa shape index (κ2) is 6.23. The number of carboxylic acid groups (broad SMARTS) is 1. The third-order valence-corrected chi connectivity index (χ3v) is 3.09. The van der Waals surface area contributed by atoms with Crippen molar-refractivity contribution in [3.05, 3.63) is 35.9 Å². The van der Waals surface area contributed by atoms with E-state index in [1.807, 2.05) is 0 Å². The molecule has 1 aromatic rings. The van der Waals surface area contributed by atoms with Crippen molar-refractivity contribution in [3.8, 4) is 5.75 Å². The summed E-state index contributed by atoms with van der Waals surface area (Å²) in [7, 11) is 0. The molecule has 1 rings (SSSR count). The number of nitrogens with zero attached hydrogens (tertiary/aromatic N) is 1. The summed E-state index contributed by atoms with van der Waals surface area (Å²) in [5.74, 6) is -1.27. The van der Waals surface area contributed by atoms with E-state index in [9.17, 15) is 9.59 Å². The molecule has 1 amide bonds. The van der Waals surface area contributed by atoms with Gasteiger partial charge in [0.2, 0.25) is 5.91 Å². The van der Waals surface area contributed by atoms with E-state index in [0.29, 0.717) is 6.54 Å². The molecule has 0 aromatic heterocycles. The predicted molar refractivity (Wildman–Crippen MR) is 76.2 cm³/mol. The van der Waals surface area contributed by atoms with Gasteiger partial charge in [-0.05, 0) is 44.5 Å². The number of likely N-dealkylation sites (N-methyl/N-ethyl adjacent to an activating group) is 1. The van der Waals surface area contributed by atoms with E-state index in [-0.39, 0.29) is 11.7 Å². The number of carbonyl (C=O) groups excluding carboxylic acids is 1. The lowest BCUT2D eigenvalue weighted by atomic mass is 10.0. The molecule has 0 aliphatic rings. The van der Waals surface area contributed by atoms with Crippen LogP contribution in [0.4, 0.5) is 0 Å². The zero-order chi connectivity index (χ0) is 15.3. The maximum atomic E-state index is 12.1. The molecule has 108 valence electrons. The number of aliphatic carboxylic acids is 1. The second-order valence-corrected chi connectivity index (χ2v) is 4.87. The van der Waals surface area contributed by atoms with Crippen LogP contribution in [-0.4, -0.2) is 39.1 Å². The number of hydrogen-bond acceptors (Lipinski definition) is 3. The third-order valence-electron chi connectivity index (χ3n) is 3.09. The highest BCUT2D eigenvalue weighted by atomic mass is 16.4. The number of rotatable bonds is 5. The molecule has 0 fully saturated rings. The minimum atomic E-state index is -1.26. The van der Waals surface area contributed by atoms with Gasteiger partial charge in [0.1, 0.15) is 11.3 Å². The number of carboxylic acids is 1. The fourth-order valence-electron chi connectivity index (χ4n) is 1.78. The molecule has 0 radical (unpaired) electrons. The lowest BCUT2D eigenvalue weighted by Crippen LogP contribution is -2.52. The van der Waals surface area contributed by atoms with Gasteiger partial charge in [0.15, 0.2) is 0 Å². The van der Waals surface area contributed by atoms with Crippen molar-refractivity contribution in [2.45, 2.75) is 26.3 Å². The number of phenols is 1. The Morgan fingerprint density at radius 2 is 1.80 bits per heavy atom. The highest BCUT2D eigenvalue weighted by molar-refractivity contribution is 5.95. The lowest BCUT2D eigenvalue weighted by Gasteiger charge is -2.33. The van der Waals surface area contributed by atoms with Crippen LogP contribution in [0.15, 0.2) is 30.3 Å². The summed E-state index contributed by atoms with van der Waals surface area (Å²) < 4.78 is 0. The highest BCUT2D eigenvalue weighted by Crippen LogP contribution is 2.16. The third kappa shape index (κ3) is 3.60. The zero-order valence-corrected chi connectivity index (χ0v) is 11.8. The standard InChI is InChI=1S/C15H19NO4/c1-4-16(15(2,3)14(19)20)13(18)10-7-11-5-8-12(17)9-6-11/h5-10,17H,4H2,1-3H3,(H,19,20). The van der Waals surface area contributed by atoms with Gasteiger partial charge in [-0.2, -0.15) is 0 Å². The second-order valence-electron chi connectivity index (χ2n) is 4.87. The van der Waals surface area contributed by atoms with Crippen LogP contribution in [0.5, 0.6) is 5.75 Å². The highest BCUT2D eigenvalue weighted by Gasteiger charge is 2.35. The van der Waals surface area contributed by atoms with Crippen molar-refractivity contribution in [2.75, 3.05) is 6.54 Å². The van der Waals surface area contributed by atoms with Crippen LogP contribution in [0, 0.1) is 0 Å². The van der Waals surface area contributed by atoms with Crippen LogP contribution in [0.3, 0.4) is 0 Å². The maximum Gasteiger partial charge on any atom is 0.329 e. The van der Waals surface area contributed by atoms with E-state index in [1.54, 1.807) is 25.1 Å². The summed E-state index contributed by atoms with van der Waals surface area (Å²) in [4.78, 5) is 24.6. The van der Waals surface area contributed by atoms with E-state index < -0.39 is 11.5 Å². The molecule has 0 spiro atoms. The fraction of sp³-hybridized carbons (Fsp3) is 0.333. The molecular weight excluding hydrogens is 258 g/mol. The topological polar surface area (TPSA) is 77.8 Å². The van der Waals surface area contributed by atoms with Gasteiger partial charge in [0.05, 0.1) is 0 Å². The van der Waals surface area contributed by atoms with Crippen molar-refractivity contribution < 1.29 is 19.8 Å². The number of hydrogen-bond donors (Lipinski definition) is 2. The van der Waals surface area contributed by atoms with E-state index in [2.05, 4.69) is 0 Å². The van der Waals surface area contributed by atoms with Crippen LogP contribution in [0.1, 0.15) is 26.3 Å². The first-order valence-electron chi connectivity index (χ1n) is 6.31. The lowest BCUT2D eigenvalue weighted by molar-refractivity contribution is -0.154. The Morgan fingerprint density at radius 3 is 2.25 bits per heavy atom. The van der Waals surface area contributed by atoms with Crippen molar-refractivity contribution in [3.63, 3.8) is 0 Å². The van der Waals surface area contributed by atoms with Gasteiger partial charge >= 0.3 is 5.97 Å². The predicted octanol–water partition coefficient (Wildman–Crippen LogP) is 2.12. The number of amides is 1. The normalized spacial score (nSPS) is 11.6. The monoisotopic (exact) mass is 277 g/mol. The first-order valence-corrected chi connectivity index (χ1v) is 6.31. The molecule has 0 bridgehead atoms. The summed E-state index contributed by atoms with van der Waals surface area (Å²) in [5.41, 5.74) is -0.508. The minimum Gasteiger partial charge on any atom is -0.508 e. The fourth-order valence-corrected chi connectivity index (χ4v) is 1.78. The summed E-state index contributed by atoms with van der Waals surface area (Å²) in [5, 5.41) is 18.3. The van der Waals surface area contributed by atoms with E-state index in [1.165, 1.54) is 37.0 Å². The summed E-state index contributed by atoms with van der Waals surface area (Å²) in [6.07, 6.45) is 2.92. The molecule has 0 heterocycles. The van der Waals surface area contributed by atoms with Crippen molar-refractivity contribution in [2.24, 2.45) is 0 Å². The first-order chi connectivity index (χ1) is 9.28. The number of phenolic OH excluding ortho intramolecular Hbond substituents is 1. The largest absolute Gasteiger partial charge is 0.508 e. The Labute approximate surface area is 118 Å². The molecular formula is C15H19NO4. The molecule has 20 heavy (non-hydrogen) atoms. The van der Waals surface area contributed by atoms with E-state index >= 15 is 0 Å². The molecule has 0 atom stereocenters. The van der Waals surface area contributed by atoms with E-state index in [0.717, 1.165) is 5.56 Å². The van der Waals surface area contributed by atoms with Gasteiger partial charge < -0.3 is 15.1 Å². The molecule has 0 aliphatic carbocycles. The Morgan fingerprint density at radius 1 is 1.25 bits per heavy atom. The van der Waals surface area contributed by atoms with Crippen LogP contribution in [0.25, 0.3) is 6.08 Å². The average molecular weight is 277 g/mol. The first kappa shape index (κ1) is 15.8. The Balaban J connectivity index is 2.88. The Kier molecular flexibility index (Phi) is 4.91. The molecule has 0 saturated heterocycles. The van der Waals surface area contributed by atoms with Crippen LogP contribution < -0.4 is 0 Å². The zero-order valence-electron chi connectivity index (χ0n) is 11.8. The van der Waals surface area contributed by atoms with Crippen LogP contribution >= 0.6 is 0 Å². The molecule has 5 heteroatoms. The van der Waals surface area contributed by atoms with Crippen molar-refractivity contribution >= 4 is 18.0 Å². The van der Waals surface area contributed by atoms with Gasteiger partial charge in [-0.15, -0.1) is 0 Å². The van der Waals surface area contributed by atoms with Gasteiger partial charge in [-0.1, -0.05) is 12.1 Å². The quantitative estimate of drug-likeness (QED) is 0.808. The Bertz CT molecular complexity index is 517. The molecule has 0 saturated carbocycles. The molecule has 1 aromatic carbocycles. The number of benzene rings is 1. The molecule has 5 nitrogen and oxygen atoms in total. The van der Waals surface area contributed by atoms with E-state index in [4.69, 9.17) is 10.2 Å².